The van der Waals surface area contributed by atoms with E-state index in [0.29, 0.717) is 19.1 Å². The molecule has 1 aliphatic heterocycles. The number of nitrogens with zero attached hydrogens (tertiary/aromatic N) is 1. The van der Waals surface area contributed by atoms with Gasteiger partial charge in [0.15, 0.2) is 0 Å². The van der Waals surface area contributed by atoms with Crippen molar-refractivity contribution in [2.24, 2.45) is 5.92 Å². The quantitative estimate of drug-likeness (QED) is 0.797. The van der Waals surface area contributed by atoms with E-state index in [-0.39, 0.29) is 11.9 Å². The molecule has 3 rings (SSSR count). The van der Waals surface area contributed by atoms with E-state index in [4.69, 9.17) is 5.11 Å². The third-order valence-corrected chi connectivity index (χ3v) is 4.80. The zero-order valence-electron chi connectivity index (χ0n) is 13.3. The summed E-state index contributed by atoms with van der Waals surface area (Å²) in [6.07, 6.45) is 3.18. The first-order valence-electron chi connectivity index (χ1n) is 8.20. The van der Waals surface area contributed by atoms with Gasteiger partial charge >= 0.3 is 12.0 Å². The van der Waals surface area contributed by atoms with E-state index in [1.54, 1.807) is 4.90 Å². The summed E-state index contributed by atoms with van der Waals surface area (Å²) in [6, 6.07) is 6.31. The highest BCUT2D eigenvalue weighted by Crippen LogP contribution is 2.30. The second kappa shape index (κ2) is 6.48. The summed E-state index contributed by atoms with van der Waals surface area (Å²) < 4.78 is 0. The average molecular weight is 317 g/mol. The van der Waals surface area contributed by atoms with Gasteiger partial charge in [0, 0.05) is 24.8 Å². The molecule has 23 heavy (non-hydrogen) atoms. The third-order valence-electron chi connectivity index (χ3n) is 4.80. The van der Waals surface area contributed by atoms with Gasteiger partial charge in [-0.15, -0.1) is 0 Å². The van der Waals surface area contributed by atoms with Crippen LogP contribution in [0.25, 0.3) is 0 Å². The molecule has 1 saturated heterocycles. The van der Waals surface area contributed by atoms with E-state index in [9.17, 15) is 9.59 Å². The second-order valence-electron chi connectivity index (χ2n) is 6.42. The lowest BCUT2D eigenvalue weighted by molar-refractivity contribution is -0.142. The summed E-state index contributed by atoms with van der Waals surface area (Å²) in [5, 5.41) is 15.4. The van der Waals surface area contributed by atoms with Gasteiger partial charge in [-0.3, -0.25) is 9.69 Å². The molecule has 0 unspecified atom stereocenters. The molecule has 2 fully saturated rings. The molecule has 3 N–H and O–H groups in total. The number of benzene rings is 1. The Kier molecular flexibility index (Phi) is 4.41. The number of hydrogen-bond acceptors (Lipinski definition) is 3. The van der Waals surface area contributed by atoms with Crippen molar-refractivity contribution < 1.29 is 14.7 Å². The van der Waals surface area contributed by atoms with E-state index in [0.717, 1.165) is 42.6 Å². The average Bonchev–Trinajstić information content (AvgIpc) is 2.96. The van der Waals surface area contributed by atoms with Crippen molar-refractivity contribution in [3.8, 4) is 0 Å². The number of carbonyl (C=O) groups is 2. The van der Waals surface area contributed by atoms with Gasteiger partial charge in [0.25, 0.3) is 0 Å². The molecule has 0 radical (unpaired) electrons. The topological polar surface area (TPSA) is 81.7 Å². The first kappa shape index (κ1) is 15.6. The van der Waals surface area contributed by atoms with Gasteiger partial charge in [0.2, 0.25) is 0 Å². The van der Waals surface area contributed by atoms with Gasteiger partial charge in [-0.05, 0) is 50.3 Å². The van der Waals surface area contributed by atoms with Crippen molar-refractivity contribution in [2.75, 3.05) is 23.3 Å². The smallest absolute Gasteiger partial charge is 0.322 e. The molecule has 124 valence electrons. The number of rotatable bonds is 4. The minimum absolute atomic E-state index is 0.0489. The standard InChI is InChI=1S/C17H23N3O3/c1-11-2-5-14(10-15(11)20-9-8-18-17(20)23)19-13-6-3-12(4-7-13)16(21)22/h2,5,10,12-13,19H,3-4,6-9H2,1H3,(H,18,23)(H,21,22). The Morgan fingerprint density at radius 1 is 1.30 bits per heavy atom. The van der Waals surface area contributed by atoms with E-state index in [1.807, 2.05) is 25.1 Å². The normalized spacial score (nSPS) is 24.4. The summed E-state index contributed by atoms with van der Waals surface area (Å²) >= 11 is 0. The van der Waals surface area contributed by atoms with Crippen LogP contribution in [-0.2, 0) is 4.79 Å². The highest BCUT2D eigenvalue weighted by Gasteiger charge is 2.26. The summed E-state index contributed by atoms with van der Waals surface area (Å²) in [7, 11) is 0. The van der Waals surface area contributed by atoms with Crippen LogP contribution in [0.5, 0.6) is 0 Å². The molecule has 0 atom stereocenters. The number of aryl methyl sites for hydroxylation is 1. The minimum atomic E-state index is -0.680. The number of aliphatic carboxylic acids is 1. The summed E-state index contributed by atoms with van der Waals surface area (Å²) in [6.45, 7) is 3.37. The zero-order chi connectivity index (χ0) is 16.4. The van der Waals surface area contributed by atoms with Crippen LogP contribution in [0, 0.1) is 12.8 Å². The van der Waals surface area contributed by atoms with E-state index in [1.165, 1.54) is 0 Å². The molecule has 0 spiro atoms. The molecule has 2 amide bonds. The lowest BCUT2D eigenvalue weighted by Gasteiger charge is -2.28. The molecule has 2 aliphatic rings. The summed E-state index contributed by atoms with van der Waals surface area (Å²) in [5.74, 6) is -0.879. The Balaban J connectivity index is 1.67. The zero-order valence-corrected chi connectivity index (χ0v) is 13.3. The van der Waals surface area contributed by atoms with Crippen molar-refractivity contribution >= 4 is 23.4 Å². The number of hydrogen-bond donors (Lipinski definition) is 3. The summed E-state index contributed by atoms with van der Waals surface area (Å²) in [5.41, 5.74) is 3.00. The number of nitrogens with one attached hydrogen (secondary N) is 2. The van der Waals surface area contributed by atoms with Crippen LogP contribution in [0.15, 0.2) is 18.2 Å². The fourth-order valence-electron chi connectivity index (χ4n) is 3.41. The Morgan fingerprint density at radius 2 is 2.04 bits per heavy atom. The minimum Gasteiger partial charge on any atom is -0.481 e. The number of urea groups is 1. The summed E-state index contributed by atoms with van der Waals surface area (Å²) in [4.78, 5) is 24.6. The largest absolute Gasteiger partial charge is 0.481 e. The molecule has 0 bridgehead atoms. The number of amides is 2. The maximum Gasteiger partial charge on any atom is 0.322 e. The van der Waals surface area contributed by atoms with Crippen molar-refractivity contribution in [1.29, 1.82) is 0 Å². The monoisotopic (exact) mass is 317 g/mol. The molecule has 1 aromatic carbocycles. The van der Waals surface area contributed by atoms with Crippen LogP contribution in [0.1, 0.15) is 31.2 Å². The van der Waals surface area contributed by atoms with Crippen molar-refractivity contribution in [1.82, 2.24) is 5.32 Å². The lowest BCUT2D eigenvalue weighted by atomic mass is 9.86. The highest BCUT2D eigenvalue weighted by atomic mass is 16.4. The van der Waals surface area contributed by atoms with E-state index < -0.39 is 5.97 Å². The molecule has 6 heteroatoms. The maximum atomic E-state index is 11.9. The number of anilines is 2. The Bertz CT molecular complexity index is 609. The van der Waals surface area contributed by atoms with Crippen molar-refractivity contribution in [2.45, 2.75) is 38.6 Å². The van der Waals surface area contributed by atoms with Crippen LogP contribution in [-0.4, -0.2) is 36.2 Å². The second-order valence-corrected chi connectivity index (χ2v) is 6.42. The molecular weight excluding hydrogens is 294 g/mol. The Labute approximate surface area is 135 Å². The van der Waals surface area contributed by atoms with Crippen LogP contribution < -0.4 is 15.5 Å². The fraction of sp³-hybridized carbons (Fsp3) is 0.529. The Morgan fingerprint density at radius 3 is 2.65 bits per heavy atom. The number of carbonyl (C=O) groups excluding carboxylic acids is 1. The predicted octanol–water partition coefficient (Wildman–Crippen LogP) is 2.58. The van der Waals surface area contributed by atoms with Gasteiger partial charge in [0.1, 0.15) is 0 Å². The van der Waals surface area contributed by atoms with Crippen LogP contribution in [0.4, 0.5) is 16.2 Å². The molecule has 1 aromatic rings. The molecular formula is C17H23N3O3. The van der Waals surface area contributed by atoms with Gasteiger partial charge in [-0.25, -0.2) is 4.79 Å². The maximum absolute atomic E-state index is 11.9. The Hall–Kier alpha value is -2.24. The molecule has 1 heterocycles. The van der Waals surface area contributed by atoms with Gasteiger partial charge < -0.3 is 15.7 Å². The first-order valence-corrected chi connectivity index (χ1v) is 8.20. The third kappa shape index (κ3) is 3.41. The molecule has 6 nitrogen and oxygen atoms in total. The number of carboxylic acids is 1. The SMILES string of the molecule is Cc1ccc(NC2CCC(C(=O)O)CC2)cc1N1CCNC1=O. The highest BCUT2D eigenvalue weighted by molar-refractivity contribution is 5.95. The molecule has 1 saturated carbocycles. The van der Waals surface area contributed by atoms with Gasteiger partial charge in [-0.2, -0.15) is 0 Å². The van der Waals surface area contributed by atoms with Gasteiger partial charge in [0.05, 0.1) is 11.6 Å². The number of carboxylic acid groups (broad SMARTS) is 1. The lowest BCUT2D eigenvalue weighted by Crippen LogP contribution is -2.30. The van der Waals surface area contributed by atoms with E-state index in [2.05, 4.69) is 10.6 Å². The predicted molar refractivity (Wildman–Crippen MR) is 88.9 cm³/mol. The van der Waals surface area contributed by atoms with Crippen molar-refractivity contribution in [3.05, 3.63) is 23.8 Å². The van der Waals surface area contributed by atoms with Gasteiger partial charge in [-0.1, -0.05) is 6.07 Å². The van der Waals surface area contributed by atoms with E-state index >= 15 is 0 Å². The molecule has 1 aliphatic carbocycles. The first-order chi connectivity index (χ1) is 11.0. The van der Waals surface area contributed by atoms with Crippen LogP contribution in [0.2, 0.25) is 0 Å². The molecule has 0 aromatic heterocycles. The van der Waals surface area contributed by atoms with Crippen molar-refractivity contribution in [3.63, 3.8) is 0 Å². The van der Waals surface area contributed by atoms with Crippen LogP contribution in [0.3, 0.4) is 0 Å². The van der Waals surface area contributed by atoms with Crippen LogP contribution >= 0.6 is 0 Å². The fourth-order valence-corrected chi connectivity index (χ4v) is 3.41.